The minimum absolute atomic E-state index is 0.160. The molecule has 1 unspecified atom stereocenters. The van der Waals surface area contributed by atoms with Crippen molar-refractivity contribution < 1.29 is 4.79 Å². The molecule has 0 spiro atoms. The lowest BCUT2D eigenvalue weighted by Gasteiger charge is -2.20. The molecule has 18 heavy (non-hydrogen) atoms. The summed E-state index contributed by atoms with van der Waals surface area (Å²) in [6.45, 7) is 8.25. The van der Waals surface area contributed by atoms with Gasteiger partial charge in [-0.05, 0) is 60.0 Å². The van der Waals surface area contributed by atoms with Crippen LogP contribution < -0.4 is 11.1 Å². The number of hydrogen-bond acceptors (Lipinski definition) is 3. The van der Waals surface area contributed by atoms with Gasteiger partial charge in [-0.25, -0.2) is 0 Å². The van der Waals surface area contributed by atoms with E-state index in [2.05, 4.69) is 31.1 Å². The lowest BCUT2D eigenvalue weighted by molar-refractivity contribution is -0.121. The molecule has 0 aromatic rings. The van der Waals surface area contributed by atoms with Crippen molar-refractivity contribution >= 4 is 5.91 Å². The second-order valence-corrected chi connectivity index (χ2v) is 5.50. The molecular formula is C14H31N3O. The maximum absolute atomic E-state index is 11.5. The normalized spacial score (nSPS) is 13.1. The van der Waals surface area contributed by atoms with Crippen LogP contribution in [-0.2, 0) is 4.79 Å². The minimum atomic E-state index is 0.160. The second-order valence-electron chi connectivity index (χ2n) is 5.50. The van der Waals surface area contributed by atoms with E-state index >= 15 is 0 Å². The molecule has 1 amide bonds. The van der Waals surface area contributed by atoms with E-state index in [9.17, 15) is 4.79 Å². The third-order valence-corrected chi connectivity index (χ3v) is 3.20. The molecule has 0 saturated heterocycles. The minimum Gasteiger partial charge on any atom is -0.356 e. The van der Waals surface area contributed by atoms with E-state index in [-0.39, 0.29) is 11.9 Å². The van der Waals surface area contributed by atoms with Gasteiger partial charge in [-0.15, -0.1) is 0 Å². The monoisotopic (exact) mass is 257 g/mol. The SMILES string of the molecule is CC(N)CCCC(=O)NCCCCN(C)C(C)C. The van der Waals surface area contributed by atoms with Gasteiger partial charge in [0.15, 0.2) is 0 Å². The molecule has 108 valence electrons. The third-order valence-electron chi connectivity index (χ3n) is 3.20. The van der Waals surface area contributed by atoms with E-state index in [0.29, 0.717) is 12.5 Å². The van der Waals surface area contributed by atoms with Crippen LogP contribution in [0.15, 0.2) is 0 Å². The number of hydrogen-bond donors (Lipinski definition) is 2. The van der Waals surface area contributed by atoms with Crippen molar-refractivity contribution in [2.75, 3.05) is 20.1 Å². The van der Waals surface area contributed by atoms with Gasteiger partial charge < -0.3 is 16.0 Å². The smallest absolute Gasteiger partial charge is 0.219 e. The Hall–Kier alpha value is -0.610. The summed E-state index contributed by atoms with van der Waals surface area (Å²) >= 11 is 0. The van der Waals surface area contributed by atoms with Gasteiger partial charge in [0.1, 0.15) is 0 Å². The first-order valence-corrected chi connectivity index (χ1v) is 7.16. The molecule has 4 heteroatoms. The Labute approximate surface area is 112 Å². The molecular weight excluding hydrogens is 226 g/mol. The standard InChI is InChI=1S/C14H31N3O/c1-12(2)17(4)11-6-5-10-16-14(18)9-7-8-13(3)15/h12-13H,5-11,15H2,1-4H3,(H,16,18). The highest BCUT2D eigenvalue weighted by Gasteiger charge is 2.03. The molecule has 0 heterocycles. The molecule has 4 nitrogen and oxygen atoms in total. The zero-order chi connectivity index (χ0) is 14.0. The first kappa shape index (κ1) is 17.4. The molecule has 0 aromatic carbocycles. The summed E-state index contributed by atoms with van der Waals surface area (Å²) in [7, 11) is 2.14. The number of nitrogens with two attached hydrogens (primary N) is 1. The summed E-state index contributed by atoms with van der Waals surface area (Å²) in [4.78, 5) is 13.8. The van der Waals surface area contributed by atoms with Gasteiger partial charge in [-0.2, -0.15) is 0 Å². The highest BCUT2D eigenvalue weighted by Crippen LogP contribution is 1.99. The Bertz CT molecular complexity index is 217. The zero-order valence-corrected chi connectivity index (χ0v) is 12.5. The molecule has 0 fully saturated rings. The Morgan fingerprint density at radius 3 is 2.44 bits per heavy atom. The van der Waals surface area contributed by atoms with Gasteiger partial charge >= 0.3 is 0 Å². The zero-order valence-electron chi connectivity index (χ0n) is 12.5. The van der Waals surface area contributed by atoms with Gasteiger partial charge in [-0.3, -0.25) is 4.79 Å². The topological polar surface area (TPSA) is 58.4 Å². The highest BCUT2D eigenvalue weighted by atomic mass is 16.1. The second kappa shape index (κ2) is 10.3. The third kappa shape index (κ3) is 10.5. The summed E-state index contributed by atoms with van der Waals surface area (Å²) in [5.74, 6) is 0.160. The largest absolute Gasteiger partial charge is 0.356 e. The summed E-state index contributed by atoms with van der Waals surface area (Å²) in [6.07, 6.45) is 4.60. The predicted octanol–water partition coefficient (Wildman–Crippen LogP) is 1.74. The van der Waals surface area contributed by atoms with Crippen molar-refractivity contribution in [1.29, 1.82) is 0 Å². The predicted molar refractivity (Wildman–Crippen MR) is 77.5 cm³/mol. The fourth-order valence-corrected chi connectivity index (χ4v) is 1.65. The number of carbonyl (C=O) groups excluding carboxylic acids is 1. The van der Waals surface area contributed by atoms with Gasteiger partial charge in [0.25, 0.3) is 0 Å². The number of rotatable bonds is 10. The molecule has 0 aromatic heterocycles. The maximum Gasteiger partial charge on any atom is 0.219 e. The molecule has 0 saturated carbocycles. The summed E-state index contributed by atoms with van der Waals surface area (Å²) < 4.78 is 0. The molecule has 0 aliphatic heterocycles. The summed E-state index contributed by atoms with van der Waals surface area (Å²) in [6, 6.07) is 0.794. The van der Waals surface area contributed by atoms with Crippen molar-refractivity contribution in [2.24, 2.45) is 5.73 Å². The molecule has 0 radical (unpaired) electrons. The van der Waals surface area contributed by atoms with Gasteiger partial charge in [0.2, 0.25) is 5.91 Å². The van der Waals surface area contributed by atoms with Crippen LogP contribution in [0, 0.1) is 0 Å². The first-order valence-electron chi connectivity index (χ1n) is 7.16. The highest BCUT2D eigenvalue weighted by molar-refractivity contribution is 5.75. The van der Waals surface area contributed by atoms with Crippen LogP contribution in [0.3, 0.4) is 0 Å². The molecule has 0 aliphatic carbocycles. The van der Waals surface area contributed by atoms with Crippen molar-refractivity contribution in [3.05, 3.63) is 0 Å². The quantitative estimate of drug-likeness (QED) is 0.586. The Morgan fingerprint density at radius 1 is 1.22 bits per heavy atom. The number of nitrogens with one attached hydrogen (secondary N) is 1. The molecule has 0 aliphatic rings. The number of unbranched alkanes of at least 4 members (excludes halogenated alkanes) is 1. The van der Waals surface area contributed by atoms with Crippen LogP contribution in [0.2, 0.25) is 0 Å². The molecule has 3 N–H and O–H groups in total. The van der Waals surface area contributed by atoms with Crippen molar-refractivity contribution in [3.8, 4) is 0 Å². The van der Waals surface area contributed by atoms with Gasteiger partial charge in [0.05, 0.1) is 0 Å². The average Bonchev–Trinajstić information content (AvgIpc) is 2.27. The van der Waals surface area contributed by atoms with Gasteiger partial charge in [-0.1, -0.05) is 0 Å². The fraction of sp³-hybridized carbons (Fsp3) is 0.929. The lowest BCUT2D eigenvalue weighted by atomic mass is 10.1. The molecule has 0 rings (SSSR count). The van der Waals surface area contributed by atoms with Crippen LogP contribution >= 0.6 is 0 Å². The van der Waals surface area contributed by atoms with Gasteiger partial charge in [0, 0.05) is 25.0 Å². The first-order chi connectivity index (χ1) is 8.43. The van der Waals surface area contributed by atoms with Crippen molar-refractivity contribution in [1.82, 2.24) is 10.2 Å². The van der Waals surface area contributed by atoms with Crippen LogP contribution in [0.5, 0.6) is 0 Å². The number of nitrogens with zero attached hydrogens (tertiary/aromatic N) is 1. The fourth-order valence-electron chi connectivity index (χ4n) is 1.65. The van der Waals surface area contributed by atoms with Crippen LogP contribution in [-0.4, -0.2) is 43.0 Å². The van der Waals surface area contributed by atoms with Crippen LogP contribution in [0.4, 0.5) is 0 Å². The lowest BCUT2D eigenvalue weighted by Crippen LogP contribution is -2.29. The van der Waals surface area contributed by atoms with Crippen LogP contribution in [0.25, 0.3) is 0 Å². The Balaban J connectivity index is 3.35. The van der Waals surface area contributed by atoms with Crippen molar-refractivity contribution in [3.63, 3.8) is 0 Å². The number of amides is 1. The molecule has 1 atom stereocenters. The van der Waals surface area contributed by atoms with Crippen LogP contribution in [0.1, 0.15) is 52.9 Å². The average molecular weight is 257 g/mol. The van der Waals surface area contributed by atoms with E-state index in [0.717, 1.165) is 38.8 Å². The van der Waals surface area contributed by atoms with E-state index in [4.69, 9.17) is 5.73 Å². The van der Waals surface area contributed by atoms with Crippen molar-refractivity contribution in [2.45, 2.75) is 65.0 Å². The van der Waals surface area contributed by atoms with E-state index in [1.54, 1.807) is 0 Å². The maximum atomic E-state index is 11.5. The Morgan fingerprint density at radius 2 is 1.89 bits per heavy atom. The van der Waals surface area contributed by atoms with E-state index < -0.39 is 0 Å². The van der Waals surface area contributed by atoms with E-state index in [1.165, 1.54) is 0 Å². The Kier molecular flexibility index (Phi) is 9.98. The number of carbonyl (C=O) groups is 1. The summed E-state index contributed by atoms with van der Waals surface area (Å²) in [5, 5.41) is 2.96. The van der Waals surface area contributed by atoms with E-state index in [1.807, 2.05) is 6.92 Å². The molecule has 0 bridgehead atoms. The summed E-state index contributed by atoms with van der Waals surface area (Å²) in [5.41, 5.74) is 5.63.